The van der Waals surface area contributed by atoms with Gasteiger partial charge in [-0.1, -0.05) is 12.8 Å². The molecule has 0 aromatic carbocycles. The molecule has 1 N–H and O–H groups in total. The first-order chi connectivity index (χ1) is 10.2. The fraction of sp³-hybridized carbons (Fsp3) is 0.944. The first-order valence-electron chi connectivity index (χ1n) is 9.12. The second-order valence-corrected chi connectivity index (χ2v) is 8.03. The molecule has 3 nitrogen and oxygen atoms in total. The van der Waals surface area contributed by atoms with Crippen LogP contribution in [0.5, 0.6) is 0 Å². The van der Waals surface area contributed by atoms with Crippen LogP contribution in [0, 0.1) is 23.2 Å². The van der Waals surface area contributed by atoms with Crippen molar-refractivity contribution in [2.45, 2.75) is 76.9 Å². The van der Waals surface area contributed by atoms with Crippen LogP contribution < -0.4 is 5.32 Å². The summed E-state index contributed by atoms with van der Waals surface area (Å²) in [6, 6.07) is 0.397. The highest BCUT2D eigenvalue weighted by Gasteiger charge is 2.59. The second-order valence-electron chi connectivity index (χ2n) is 8.03. The molecule has 118 valence electrons. The number of carbonyl (C=O) groups is 1. The monoisotopic (exact) mass is 291 g/mol. The Bertz CT molecular complexity index is 417. The van der Waals surface area contributed by atoms with Crippen LogP contribution in [-0.4, -0.2) is 24.7 Å². The van der Waals surface area contributed by atoms with E-state index in [1.807, 2.05) is 0 Å². The molecule has 0 unspecified atom stereocenters. The van der Waals surface area contributed by atoms with E-state index in [9.17, 15) is 4.79 Å². The molecule has 4 saturated carbocycles. The van der Waals surface area contributed by atoms with E-state index in [2.05, 4.69) is 12.2 Å². The lowest BCUT2D eigenvalue weighted by molar-refractivity contribution is -0.176. The molecule has 4 fully saturated rings. The van der Waals surface area contributed by atoms with E-state index in [0.717, 1.165) is 31.3 Å². The summed E-state index contributed by atoms with van der Waals surface area (Å²) in [4.78, 5) is 12.4. The number of hydrogen-bond acceptors (Lipinski definition) is 2. The van der Waals surface area contributed by atoms with Crippen molar-refractivity contribution in [2.24, 2.45) is 23.2 Å². The highest BCUT2D eigenvalue weighted by Crippen LogP contribution is 2.57. The smallest absolute Gasteiger partial charge is 0.220 e. The van der Waals surface area contributed by atoms with Gasteiger partial charge in [0.25, 0.3) is 0 Å². The van der Waals surface area contributed by atoms with Crippen molar-refractivity contribution in [1.82, 2.24) is 5.32 Å². The Labute approximate surface area is 128 Å². The van der Waals surface area contributed by atoms with Crippen LogP contribution in [0.2, 0.25) is 0 Å². The van der Waals surface area contributed by atoms with Gasteiger partial charge in [-0.15, -0.1) is 0 Å². The van der Waals surface area contributed by atoms with Gasteiger partial charge in [0.05, 0.1) is 6.10 Å². The number of carbonyl (C=O) groups excluding carboxylic acids is 1. The summed E-state index contributed by atoms with van der Waals surface area (Å²) in [5.41, 5.74) is 0.306. The molecule has 0 saturated heterocycles. The maximum atomic E-state index is 12.4. The van der Waals surface area contributed by atoms with Gasteiger partial charge in [-0.25, -0.2) is 0 Å². The van der Waals surface area contributed by atoms with Crippen molar-refractivity contribution in [3.8, 4) is 0 Å². The lowest BCUT2D eigenvalue weighted by Gasteiger charge is -2.61. The van der Waals surface area contributed by atoms with Gasteiger partial charge in [0.1, 0.15) is 0 Å². The van der Waals surface area contributed by atoms with Crippen LogP contribution >= 0.6 is 0 Å². The van der Waals surface area contributed by atoms with Crippen molar-refractivity contribution in [3.63, 3.8) is 0 Å². The summed E-state index contributed by atoms with van der Waals surface area (Å²) in [7, 11) is 0. The van der Waals surface area contributed by atoms with Crippen LogP contribution in [0.1, 0.15) is 64.7 Å². The number of ether oxygens (including phenoxy) is 1. The highest BCUT2D eigenvalue weighted by molar-refractivity contribution is 5.77. The number of nitrogens with one attached hydrogen (secondary N) is 1. The van der Waals surface area contributed by atoms with Crippen LogP contribution in [0.15, 0.2) is 0 Å². The van der Waals surface area contributed by atoms with Gasteiger partial charge >= 0.3 is 0 Å². The summed E-state index contributed by atoms with van der Waals surface area (Å²) < 4.78 is 5.87. The number of fused-ring (bicyclic) bond motifs is 2. The van der Waals surface area contributed by atoms with Crippen LogP contribution in [0.4, 0.5) is 0 Å². The van der Waals surface area contributed by atoms with Gasteiger partial charge in [-0.3, -0.25) is 4.79 Å². The Balaban J connectivity index is 1.29. The molecule has 1 amide bonds. The quantitative estimate of drug-likeness (QED) is 0.844. The van der Waals surface area contributed by atoms with Crippen molar-refractivity contribution in [3.05, 3.63) is 0 Å². The normalized spacial score (nSPS) is 42.6. The molecule has 0 radical (unpaired) electrons. The van der Waals surface area contributed by atoms with Crippen LogP contribution in [0.25, 0.3) is 0 Å². The first kappa shape index (κ1) is 14.0. The molecular formula is C18H29NO2. The molecule has 5 atom stereocenters. The SMILES string of the molecule is CCO[C@@H]1C[C@H](NC(=O)C[C@@H]2C[C@H]3CC[C@H]2C3)C12CCC2. The standard InChI is InChI=1S/C18H29NO2/c1-2-21-16-11-15(18(16)6-3-7-18)19-17(20)10-14-9-12-4-5-13(14)8-12/h12-16H,2-11H2,1H3,(H,19,20)/t12-,13-,14-,15-,16+/m0/s1. The molecule has 1 spiro atoms. The highest BCUT2D eigenvalue weighted by atomic mass is 16.5. The van der Waals surface area contributed by atoms with E-state index in [0.29, 0.717) is 29.4 Å². The van der Waals surface area contributed by atoms with Gasteiger partial charge in [0, 0.05) is 24.5 Å². The molecule has 0 aromatic rings. The molecule has 2 bridgehead atoms. The van der Waals surface area contributed by atoms with Gasteiger partial charge in [-0.2, -0.15) is 0 Å². The predicted molar refractivity (Wildman–Crippen MR) is 81.8 cm³/mol. The van der Waals surface area contributed by atoms with Gasteiger partial charge in [0.2, 0.25) is 5.91 Å². The van der Waals surface area contributed by atoms with Gasteiger partial charge in [-0.05, 0) is 63.2 Å². The number of amides is 1. The molecular weight excluding hydrogens is 262 g/mol. The van der Waals surface area contributed by atoms with Gasteiger partial charge in [0.15, 0.2) is 0 Å². The molecule has 4 rings (SSSR count). The zero-order valence-corrected chi connectivity index (χ0v) is 13.3. The maximum Gasteiger partial charge on any atom is 0.220 e. The van der Waals surface area contributed by atoms with E-state index < -0.39 is 0 Å². The Kier molecular flexibility index (Phi) is 3.52. The van der Waals surface area contributed by atoms with E-state index in [4.69, 9.17) is 4.74 Å². The first-order valence-corrected chi connectivity index (χ1v) is 9.12. The molecule has 4 aliphatic carbocycles. The zero-order valence-electron chi connectivity index (χ0n) is 13.3. The second kappa shape index (κ2) is 5.26. The summed E-state index contributed by atoms with van der Waals surface area (Å²) in [5.74, 6) is 2.80. The minimum atomic E-state index is 0.306. The summed E-state index contributed by atoms with van der Waals surface area (Å²) >= 11 is 0. The Morgan fingerprint density at radius 2 is 2.10 bits per heavy atom. The molecule has 0 aliphatic heterocycles. The zero-order chi connectivity index (χ0) is 14.4. The van der Waals surface area contributed by atoms with E-state index in [1.165, 1.54) is 44.9 Å². The summed E-state index contributed by atoms with van der Waals surface area (Å²) in [6.45, 7) is 2.88. The summed E-state index contributed by atoms with van der Waals surface area (Å²) in [5, 5.41) is 3.36. The average Bonchev–Trinajstić information content (AvgIpc) is 2.97. The Morgan fingerprint density at radius 1 is 1.24 bits per heavy atom. The van der Waals surface area contributed by atoms with Gasteiger partial charge < -0.3 is 10.1 Å². The van der Waals surface area contributed by atoms with Crippen LogP contribution in [-0.2, 0) is 9.53 Å². The minimum Gasteiger partial charge on any atom is -0.378 e. The van der Waals surface area contributed by atoms with Crippen LogP contribution in [0.3, 0.4) is 0 Å². The van der Waals surface area contributed by atoms with Crippen molar-refractivity contribution >= 4 is 5.91 Å². The van der Waals surface area contributed by atoms with Crippen molar-refractivity contribution in [2.75, 3.05) is 6.61 Å². The van der Waals surface area contributed by atoms with Crippen molar-refractivity contribution in [1.29, 1.82) is 0 Å². The lowest BCUT2D eigenvalue weighted by Crippen LogP contribution is -2.67. The molecule has 0 aromatic heterocycles. The largest absolute Gasteiger partial charge is 0.378 e. The third-order valence-corrected chi connectivity index (χ3v) is 7.10. The Morgan fingerprint density at radius 3 is 2.67 bits per heavy atom. The van der Waals surface area contributed by atoms with E-state index in [-0.39, 0.29) is 0 Å². The predicted octanol–water partition coefficient (Wildman–Crippen LogP) is 3.28. The van der Waals surface area contributed by atoms with E-state index in [1.54, 1.807) is 0 Å². The maximum absolute atomic E-state index is 12.4. The lowest BCUT2D eigenvalue weighted by atomic mass is 9.51. The average molecular weight is 291 g/mol. The minimum absolute atomic E-state index is 0.306. The topological polar surface area (TPSA) is 38.3 Å². The summed E-state index contributed by atoms with van der Waals surface area (Å²) in [6.07, 6.45) is 11.5. The molecule has 3 heteroatoms. The number of rotatable bonds is 5. The number of hydrogen-bond donors (Lipinski definition) is 1. The van der Waals surface area contributed by atoms with Crippen molar-refractivity contribution < 1.29 is 9.53 Å². The van der Waals surface area contributed by atoms with E-state index >= 15 is 0 Å². The molecule has 21 heavy (non-hydrogen) atoms. The molecule has 4 aliphatic rings. The fourth-order valence-corrected chi connectivity index (χ4v) is 5.76. The third-order valence-electron chi connectivity index (χ3n) is 7.10. The molecule has 0 heterocycles. The Hall–Kier alpha value is -0.570. The third kappa shape index (κ3) is 2.23. The fourth-order valence-electron chi connectivity index (χ4n) is 5.76.